The molecule has 0 aliphatic rings. The van der Waals surface area contributed by atoms with Gasteiger partial charge in [0.25, 0.3) is 6.43 Å². The molecule has 0 aliphatic carbocycles. The molecule has 15 heavy (non-hydrogen) atoms. The maximum absolute atomic E-state index is 12.4. The van der Waals surface area contributed by atoms with Crippen molar-refractivity contribution in [3.05, 3.63) is 27.2 Å². The van der Waals surface area contributed by atoms with Gasteiger partial charge < -0.3 is 0 Å². The van der Waals surface area contributed by atoms with Gasteiger partial charge in [-0.3, -0.25) is 0 Å². The second-order valence-electron chi connectivity index (χ2n) is 2.77. The van der Waals surface area contributed by atoms with E-state index >= 15 is 0 Å². The van der Waals surface area contributed by atoms with Crippen LogP contribution in [0, 0.1) is 11.3 Å². The summed E-state index contributed by atoms with van der Waals surface area (Å²) in [5.74, 6) is 0. The summed E-state index contributed by atoms with van der Waals surface area (Å²) in [7, 11) is 0. The highest BCUT2D eigenvalue weighted by atomic mass is 79.9. The number of alkyl halides is 2. The van der Waals surface area contributed by atoms with E-state index in [-0.39, 0.29) is 5.01 Å². The average molecular weight is 289 g/mol. The van der Waals surface area contributed by atoms with Crippen LogP contribution in [0.3, 0.4) is 0 Å². The number of nitrogens with zero attached hydrogens (tertiary/aromatic N) is 2. The van der Waals surface area contributed by atoms with E-state index in [1.165, 1.54) is 0 Å². The van der Waals surface area contributed by atoms with Crippen LogP contribution in [0.5, 0.6) is 0 Å². The molecule has 1 aromatic heterocycles. The Morgan fingerprint density at radius 2 is 2.20 bits per heavy atom. The van der Waals surface area contributed by atoms with E-state index in [0.717, 1.165) is 11.3 Å². The zero-order chi connectivity index (χ0) is 11.0. The standard InChI is InChI=1S/C9H3BrF2N2S/c10-5-1-4(3-13)7-6(2-5)14-9(15-7)8(11)12/h1-2,8H. The van der Waals surface area contributed by atoms with Gasteiger partial charge >= 0.3 is 0 Å². The number of hydrogen-bond donors (Lipinski definition) is 0. The number of fused-ring (bicyclic) bond motifs is 1. The molecule has 2 aromatic rings. The summed E-state index contributed by atoms with van der Waals surface area (Å²) in [6.45, 7) is 0. The lowest BCUT2D eigenvalue weighted by Gasteiger charge is -1.92. The van der Waals surface area contributed by atoms with Gasteiger partial charge in [0.05, 0.1) is 15.8 Å². The summed E-state index contributed by atoms with van der Waals surface area (Å²) < 4.78 is 26.0. The van der Waals surface area contributed by atoms with Gasteiger partial charge in [-0.05, 0) is 12.1 Å². The lowest BCUT2D eigenvalue weighted by Crippen LogP contribution is -1.79. The topological polar surface area (TPSA) is 36.7 Å². The molecule has 1 aromatic carbocycles. The van der Waals surface area contributed by atoms with Gasteiger partial charge in [-0.15, -0.1) is 11.3 Å². The number of halogens is 3. The molecule has 0 saturated carbocycles. The first-order valence-electron chi connectivity index (χ1n) is 3.90. The lowest BCUT2D eigenvalue weighted by atomic mass is 10.2. The van der Waals surface area contributed by atoms with Crippen LogP contribution in [0.15, 0.2) is 16.6 Å². The maximum Gasteiger partial charge on any atom is 0.289 e. The van der Waals surface area contributed by atoms with Crippen molar-refractivity contribution in [3.63, 3.8) is 0 Å². The normalized spacial score (nSPS) is 10.9. The number of rotatable bonds is 1. The summed E-state index contributed by atoms with van der Waals surface area (Å²) in [6, 6.07) is 5.18. The van der Waals surface area contributed by atoms with Crippen LogP contribution in [-0.2, 0) is 0 Å². The van der Waals surface area contributed by atoms with Gasteiger partial charge in [-0.1, -0.05) is 15.9 Å². The van der Waals surface area contributed by atoms with Crippen molar-refractivity contribution in [3.8, 4) is 6.07 Å². The number of hydrogen-bond acceptors (Lipinski definition) is 3. The van der Waals surface area contributed by atoms with Crippen LogP contribution >= 0.6 is 27.3 Å². The van der Waals surface area contributed by atoms with Gasteiger partial charge in [0, 0.05) is 4.47 Å². The van der Waals surface area contributed by atoms with Crippen LogP contribution in [0.1, 0.15) is 17.0 Å². The Kier molecular flexibility index (Phi) is 2.67. The summed E-state index contributed by atoms with van der Waals surface area (Å²) in [5.41, 5.74) is 0.796. The van der Waals surface area contributed by atoms with Crippen LogP contribution in [0.4, 0.5) is 8.78 Å². The summed E-state index contributed by atoms with van der Waals surface area (Å²) >= 11 is 4.06. The minimum Gasteiger partial charge on any atom is -0.235 e. The van der Waals surface area contributed by atoms with E-state index in [1.807, 2.05) is 6.07 Å². The second kappa shape index (κ2) is 3.83. The first-order valence-corrected chi connectivity index (χ1v) is 5.51. The van der Waals surface area contributed by atoms with E-state index in [4.69, 9.17) is 5.26 Å². The monoisotopic (exact) mass is 288 g/mol. The van der Waals surface area contributed by atoms with Crippen molar-refractivity contribution in [2.45, 2.75) is 6.43 Å². The summed E-state index contributed by atoms with van der Waals surface area (Å²) in [5, 5.41) is 8.58. The van der Waals surface area contributed by atoms with E-state index in [2.05, 4.69) is 20.9 Å². The fourth-order valence-electron chi connectivity index (χ4n) is 1.19. The van der Waals surface area contributed by atoms with E-state index < -0.39 is 6.43 Å². The van der Waals surface area contributed by atoms with Crippen molar-refractivity contribution >= 4 is 37.5 Å². The Morgan fingerprint density at radius 1 is 1.47 bits per heavy atom. The third kappa shape index (κ3) is 1.85. The largest absolute Gasteiger partial charge is 0.289 e. The number of aromatic nitrogens is 1. The number of thiazole rings is 1. The first kappa shape index (κ1) is 10.5. The average Bonchev–Trinajstić information content (AvgIpc) is 2.59. The van der Waals surface area contributed by atoms with Crippen molar-refractivity contribution in [1.29, 1.82) is 5.26 Å². The third-order valence-electron chi connectivity index (χ3n) is 1.78. The zero-order valence-corrected chi connectivity index (χ0v) is 9.57. The Morgan fingerprint density at radius 3 is 2.80 bits per heavy atom. The molecule has 0 saturated heterocycles. The van der Waals surface area contributed by atoms with Gasteiger partial charge in [0.1, 0.15) is 6.07 Å². The highest BCUT2D eigenvalue weighted by molar-refractivity contribution is 9.10. The molecule has 2 nitrogen and oxygen atoms in total. The molecule has 76 valence electrons. The van der Waals surface area contributed by atoms with Crippen molar-refractivity contribution < 1.29 is 8.78 Å². The Bertz CT molecular complexity index is 559. The van der Waals surface area contributed by atoms with E-state index in [0.29, 0.717) is 20.3 Å². The fourth-order valence-corrected chi connectivity index (χ4v) is 2.50. The Hall–Kier alpha value is -1.06. The molecule has 0 aliphatic heterocycles. The fraction of sp³-hybridized carbons (Fsp3) is 0.111. The Labute approximate surface area is 96.3 Å². The molecule has 0 N–H and O–H groups in total. The zero-order valence-electron chi connectivity index (χ0n) is 7.17. The molecule has 0 atom stereocenters. The number of benzene rings is 1. The predicted molar refractivity (Wildman–Crippen MR) is 57.0 cm³/mol. The molecule has 0 radical (unpaired) electrons. The van der Waals surface area contributed by atoms with Gasteiger partial charge in [0.2, 0.25) is 0 Å². The van der Waals surface area contributed by atoms with Gasteiger partial charge in [-0.2, -0.15) is 5.26 Å². The molecule has 2 rings (SSSR count). The molecule has 0 amide bonds. The molecule has 0 unspecified atom stereocenters. The van der Waals surface area contributed by atoms with Crippen LogP contribution < -0.4 is 0 Å². The van der Waals surface area contributed by atoms with Crippen molar-refractivity contribution in [2.24, 2.45) is 0 Å². The third-order valence-corrected chi connectivity index (χ3v) is 3.35. The smallest absolute Gasteiger partial charge is 0.235 e. The second-order valence-corrected chi connectivity index (χ2v) is 4.71. The maximum atomic E-state index is 12.4. The minimum absolute atomic E-state index is 0.250. The van der Waals surface area contributed by atoms with Gasteiger partial charge in [0.15, 0.2) is 5.01 Å². The summed E-state index contributed by atoms with van der Waals surface area (Å²) in [4.78, 5) is 3.77. The number of nitriles is 1. The van der Waals surface area contributed by atoms with Crippen LogP contribution in [-0.4, -0.2) is 4.98 Å². The molecule has 1 heterocycles. The van der Waals surface area contributed by atoms with Crippen molar-refractivity contribution in [1.82, 2.24) is 4.98 Å². The lowest BCUT2D eigenvalue weighted by molar-refractivity contribution is 0.151. The van der Waals surface area contributed by atoms with E-state index in [1.54, 1.807) is 12.1 Å². The Balaban J connectivity index is 2.75. The summed E-state index contributed by atoms with van der Waals surface area (Å²) in [6.07, 6.45) is -2.59. The highest BCUT2D eigenvalue weighted by Crippen LogP contribution is 2.33. The molecule has 0 bridgehead atoms. The predicted octanol–water partition coefficient (Wildman–Crippen LogP) is 3.87. The molecular formula is C9H3BrF2N2S. The molecule has 0 spiro atoms. The van der Waals surface area contributed by atoms with E-state index in [9.17, 15) is 8.78 Å². The molecule has 6 heteroatoms. The SMILES string of the molecule is N#Cc1cc(Br)cc2nc(C(F)F)sc12. The van der Waals surface area contributed by atoms with Crippen LogP contribution in [0.25, 0.3) is 10.2 Å². The molecular weight excluding hydrogens is 286 g/mol. The molecule has 0 fully saturated rings. The van der Waals surface area contributed by atoms with Gasteiger partial charge in [-0.25, -0.2) is 13.8 Å². The first-order chi connectivity index (χ1) is 7.11. The highest BCUT2D eigenvalue weighted by Gasteiger charge is 2.15. The quantitative estimate of drug-likeness (QED) is 0.799. The van der Waals surface area contributed by atoms with Crippen LogP contribution in [0.2, 0.25) is 0 Å². The van der Waals surface area contributed by atoms with Crippen molar-refractivity contribution in [2.75, 3.05) is 0 Å². The minimum atomic E-state index is -2.59.